The van der Waals surface area contributed by atoms with Gasteiger partial charge >= 0.3 is 0 Å². The summed E-state index contributed by atoms with van der Waals surface area (Å²) in [5, 5.41) is 10.4. The number of aromatic nitrogens is 2. The average Bonchev–Trinajstić information content (AvgIpc) is 2.76. The largest absolute Gasteiger partial charge is 0.383 e. The van der Waals surface area contributed by atoms with E-state index in [0.717, 1.165) is 10.9 Å². The van der Waals surface area contributed by atoms with Gasteiger partial charge in [-0.1, -0.05) is 12.1 Å². The van der Waals surface area contributed by atoms with E-state index in [1.165, 1.54) is 0 Å². The number of carbonyl (C=O) groups is 1. The number of nitrogens with one attached hydrogen (secondary N) is 2. The van der Waals surface area contributed by atoms with E-state index in [1.807, 2.05) is 12.1 Å². The van der Waals surface area contributed by atoms with E-state index in [1.54, 1.807) is 19.4 Å². The number of hydrogen-bond acceptors (Lipinski definition) is 3. The first-order valence-electron chi connectivity index (χ1n) is 5.02. The molecule has 16 heavy (non-hydrogen) atoms. The molecule has 0 radical (unpaired) electrons. The lowest BCUT2D eigenvalue weighted by atomic mass is 10.1. The number of carbonyl (C=O) groups excluding carboxylic acids is 1. The van der Waals surface area contributed by atoms with Crippen LogP contribution in [-0.2, 0) is 4.74 Å². The van der Waals surface area contributed by atoms with Crippen LogP contribution in [0.2, 0.25) is 0 Å². The fourth-order valence-electron chi connectivity index (χ4n) is 1.52. The van der Waals surface area contributed by atoms with Crippen molar-refractivity contribution in [3.05, 3.63) is 30.0 Å². The van der Waals surface area contributed by atoms with Crippen LogP contribution in [0.25, 0.3) is 10.9 Å². The van der Waals surface area contributed by atoms with Gasteiger partial charge in [-0.3, -0.25) is 9.89 Å². The first-order valence-corrected chi connectivity index (χ1v) is 5.02. The molecule has 5 heteroatoms. The van der Waals surface area contributed by atoms with Crippen LogP contribution in [-0.4, -0.2) is 36.4 Å². The summed E-state index contributed by atoms with van der Waals surface area (Å²) in [5.74, 6) is -0.119. The van der Waals surface area contributed by atoms with Crippen LogP contribution in [0.15, 0.2) is 24.4 Å². The molecule has 0 aliphatic heterocycles. The molecular weight excluding hydrogens is 206 g/mol. The van der Waals surface area contributed by atoms with Crippen LogP contribution in [0, 0.1) is 0 Å². The van der Waals surface area contributed by atoms with E-state index >= 15 is 0 Å². The molecule has 0 saturated heterocycles. The fourth-order valence-corrected chi connectivity index (χ4v) is 1.52. The highest BCUT2D eigenvalue weighted by atomic mass is 16.5. The maximum absolute atomic E-state index is 11.8. The van der Waals surface area contributed by atoms with E-state index in [9.17, 15) is 4.79 Å². The van der Waals surface area contributed by atoms with Gasteiger partial charge < -0.3 is 10.1 Å². The lowest BCUT2D eigenvalue weighted by Crippen LogP contribution is -2.27. The molecule has 2 rings (SSSR count). The minimum absolute atomic E-state index is 0.119. The van der Waals surface area contributed by atoms with Gasteiger partial charge in [-0.05, 0) is 6.07 Å². The summed E-state index contributed by atoms with van der Waals surface area (Å²) in [7, 11) is 1.60. The monoisotopic (exact) mass is 219 g/mol. The molecule has 2 aromatic rings. The van der Waals surface area contributed by atoms with Crippen LogP contribution in [0.4, 0.5) is 0 Å². The molecule has 1 amide bonds. The molecule has 0 atom stereocenters. The van der Waals surface area contributed by atoms with Crippen LogP contribution >= 0.6 is 0 Å². The van der Waals surface area contributed by atoms with Crippen molar-refractivity contribution < 1.29 is 9.53 Å². The number of benzene rings is 1. The molecule has 1 heterocycles. The Morgan fingerprint density at radius 2 is 2.44 bits per heavy atom. The Bertz CT molecular complexity index is 493. The molecule has 1 aromatic carbocycles. The second-order valence-electron chi connectivity index (χ2n) is 3.39. The summed E-state index contributed by atoms with van der Waals surface area (Å²) in [6.07, 6.45) is 1.70. The summed E-state index contributed by atoms with van der Waals surface area (Å²) < 4.78 is 4.87. The van der Waals surface area contributed by atoms with E-state index in [-0.39, 0.29) is 5.91 Å². The molecule has 84 valence electrons. The summed E-state index contributed by atoms with van der Waals surface area (Å²) in [6.45, 7) is 1.00. The maximum atomic E-state index is 11.8. The third kappa shape index (κ3) is 2.04. The van der Waals surface area contributed by atoms with Crippen molar-refractivity contribution in [3.63, 3.8) is 0 Å². The number of para-hydroxylation sites is 1. The quantitative estimate of drug-likeness (QED) is 0.752. The zero-order valence-corrected chi connectivity index (χ0v) is 8.99. The smallest absolute Gasteiger partial charge is 0.253 e. The lowest BCUT2D eigenvalue weighted by Gasteiger charge is -2.04. The number of amides is 1. The summed E-state index contributed by atoms with van der Waals surface area (Å²) in [4.78, 5) is 11.8. The van der Waals surface area contributed by atoms with Gasteiger partial charge in [-0.25, -0.2) is 0 Å². The van der Waals surface area contributed by atoms with Gasteiger partial charge in [0.05, 0.1) is 23.9 Å². The molecule has 0 saturated carbocycles. The van der Waals surface area contributed by atoms with E-state index in [4.69, 9.17) is 4.74 Å². The molecule has 1 aromatic heterocycles. The highest BCUT2D eigenvalue weighted by molar-refractivity contribution is 6.05. The third-order valence-electron chi connectivity index (χ3n) is 2.31. The van der Waals surface area contributed by atoms with E-state index in [2.05, 4.69) is 15.5 Å². The number of methoxy groups -OCH3 is 1. The van der Waals surface area contributed by atoms with Crippen molar-refractivity contribution >= 4 is 16.8 Å². The second kappa shape index (κ2) is 4.76. The minimum Gasteiger partial charge on any atom is -0.383 e. The summed E-state index contributed by atoms with van der Waals surface area (Å²) in [6, 6.07) is 5.51. The summed E-state index contributed by atoms with van der Waals surface area (Å²) >= 11 is 0. The molecule has 0 unspecified atom stereocenters. The normalized spacial score (nSPS) is 10.6. The van der Waals surface area contributed by atoms with Gasteiger partial charge in [0.2, 0.25) is 0 Å². The topological polar surface area (TPSA) is 67.0 Å². The zero-order chi connectivity index (χ0) is 11.4. The average molecular weight is 219 g/mol. The fraction of sp³-hybridized carbons (Fsp3) is 0.273. The van der Waals surface area contributed by atoms with Crippen molar-refractivity contribution in [1.29, 1.82) is 0 Å². The van der Waals surface area contributed by atoms with Crippen molar-refractivity contribution in [2.75, 3.05) is 20.3 Å². The van der Waals surface area contributed by atoms with Gasteiger partial charge in [0, 0.05) is 19.0 Å². The number of aromatic amines is 1. The van der Waals surface area contributed by atoms with Gasteiger partial charge in [-0.15, -0.1) is 0 Å². The van der Waals surface area contributed by atoms with Gasteiger partial charge in [0.1, 0.15) is 0 Å². The number of nitrogens with zero attached hydrogens (tertiary/aromatic N) is 1. The van der Waals surface area contributed by atoms with Gasteiger partial charge in [0.15, 0.2) is 0 Å². The SMILES string of the molecule is COCCNC(=O)c1cccc2cn[nH]c12. The highest BCUT2D eigenvalue weighted by Crippen LogP contribution is 2.15. The van der Waals surface area contributed by atoms with Crippen LogP contribution < -0.4 is 5.32 Å². The number of rotatable bonds is 4. The maximum Gasteiger partial charge on any atom is 0.253 e. The summed E-state index contributed by atoms with van der Waals surface area (Å²) in [5.41, 5.74) is 1.36. The first kappa shape index (κ1) is 10.6. The Hall–Kier alpha value is -1.88. The predicted octanol–water partition coefficient (Wildman–Crippen LogP) is 0.939. The molecule has 2 N–H and O–H groups in total. The molecular formula is C11H13N3O2. The predicted molar refractivity (Wildman–Crippen MR) is 60.3 cm³/mol. The lowest BCUT2D eigenvalue weighted by molar-refractivity contribution is 0.0938. The standard InChI is InChI=1S/C11H13N3O2/c1-16-6-5-12-11(15)9-4-2-3-8-7-13-14-10(8)9/h2-4,7H,5-6H2,1H3,(H,12,15)(H,13,14). The van der Waals surface area contributed by atoms with Crippen LogP contribution in [0.1, 0.15) is 10.4 Å². The van der Waals surface area contributed by atoms with Crippen molar-refractivity contribution in [3.8, 4) is 0 Å². The van der Waals surface area contributed by atoms with Crippen molar-refractivity contribution in [1.82, 2.24) is 15.5 Å². The number of hydrogen-bond donors (Lipinski definition) is 2. The molecule has 0 fully saturated rings. The molecule has 0 aliphatic carbocycles. The van der Waals surface area contributed by atoms with Crippen molar-refractivity contribution in [2.24, 2.45) is 0 Å². The third-order valence-corrected chi connectivity index (χ3v) is 2.31. The molecule has 0 bridgehead atoms. The first-order chi connectivity index (χ1) is 7.83. The van der Waals surface area contributed by atoms with E-state index < -0.39 is 0 Å². The Morgan fingerprint density at radius 3 is 3.25 bits per heavy atom. The molecule has 0 aliphatic rings. The van der Waals surface area contributed by atoms with E-state index in [0.29, 0.717) is 18.7 Å². The number of ether oxygens (including phenoxy) is 1. The van der Waals surface area contributed by atoms with Crippen molar-refractivity contribution in [2.45, 2.75) is 0 Å². The minimum atomic E-state index is -0.119. The Balaban J connectivity index is 2.19. The second-order valence-corrected chi connectivity index (χ2v) is 3.39. The number of fused-ring (bicyclic) bond motifs is 1. The zero-order valence-electron chi connectivity index (χ0n) is 8.99. The Labute approximate surface area is 92.8 Å². The number of H-pyrrole nitrogens is 1. The Kier molecular flexibility index (Phi) is 3.16. The van der Waals surface area contributed by atoms with Crippen LogP contribution in [0.3, 0.4) is 0 Å². The van der Waals surface area contributed by atoms with Crippen LogP contribution in [0.5, 0.6) is 0 Å². The Morgan fingerprint density at radius 1 is 1.56 bits per heavy atom. The van der Waals surface area contributed by atoms with Gasteiger partial charge in [-0.2, -0.15) is 5.10 Å². The molecule has 5 nitrogen and oxygen atoms in total. The molecule has 0 spiro atoms. The van der Waals surface area contributed by atoms with Gasteiger partial charge in [0.25, 0.3) is 5.91 Å². The highest BCUT2D eigenvalue weighted by Gasteiger charge is 2.09.